The SMILES string of the molecule is CCc1cc(F)cc(CC)c1CC(=O)OC(C)(C)C. The summed E-state index contributed by atoms with van der Waals surface area (Å²) in [6.45, 7) is 9.46. The number of carbonyl (C=O) groups excluding carboxylic acids is 1. The molecule has 0 atom stereocenters. The predicted octanol–water partition coefficient (Wildman–Crippen LogP) is 3.83. The van der Waals surface area contributed by atoms with E-state index in [9.17, 15) is 9.18 Å². The molecule has 0 saturated carbocycles. The normalized spacial score (nSPS) is 11.5. The maximum atomic E-state index is 13.5. The van der Waals surface area contributed by atoms with E-state index in [2.05, 4.69) is 0 Å². The molecule has 19 heavy (non-hydrogen) atoms. The molecule has 0 spiro atoms. The van der Waals surface area contributed by atoms with Crippen molar-refractivity contribution in [2.24, 2.45) is 0 Å². The summed E-state index contributed by atoms with van der Waals surface area (Å²) in [5, 5.41) is 0. The number of halogens is 1. The van der Waals surface area contributed by atoms with Crippen LogP contribution in [0.1, 0.15) is 51.3 Å². The molecule has 2 nitrogen and oxygen atoms in total. The smallest absolute Gasteiger partial charge is 0.310 e. The van der Waals surface area contributed by atoms with Gasteiger partial charge in [0.15, 0.2) is 0 Å². The highest BCUT2D eigenvalue weighted by Crippen LogP contribution is 2.21. The maximum Gasteiger partial charge on any atom is 0.310 e. The topological polar surface area (TPSA) is 26.3 Å². The second-order valence-corrected chi connectivity index (χ2v) is 5.67. The second-order valence-electron chi connectivity index (χ2n) is 5.67. The van der Waals surface area contributed by atoms with Gasteiger partial charge in [0.1, 0.15) is 11.4 Å². The average molecular weight is 266 g/mol. The van der Waals surface area contributed by atoms with Crippen LogP contribution in [0.4, 0.5) is 4.39 Å². The highest BCUT2D eigenvalue weighted by molar-refractivity contribution is 5.74. The number of carbonyl (C=O) groups is 1. The van der Waals surface area contributed by atoms with Crippen molar-refractivity contribution in [2.45, 2.75) is 59.5 Å². The van der Waals surface area contributed by atoms with E-state index in [1.165, 1.54) is 12.1 Å². The molecule has 1 aromatic carbocycles. The molecule has 0 bridgehead atoms. The third kappa shape index (κ3) is 4.66. The van der Waals surface area contributed by atoms with Gasteiger partial charge in [0, 0.05) is 0 Å². The van der Waals surface area contributed by atoms with E-state index in [0.29, 0.717) is 12.8 Å². The maximum absolute atomic E-state index is 13.5. The molecule has 0 heterocycles. The molecule has 106 valence electrons. The Bertz CT molecular complexity index is 433. The van der Waals surface area contributed by atoms with E-state index in [-0.39, 0.29) is 18.2 Å². The van der Waals surface area contributed by atoms with Crippen molar-refractivity contribution in [3.8, 4) is 0 Å². The van der Waals surface area contributed by atoms with E-state index in [1.54, 1.807) is 0 Å². The molecular formula is C16H23FO2. The fourth-order valence-corrected chi connectivity index (χ4v) is 2.13. The average Bonchev–Trinajstić information content (AvgIpc) is 2.28. The zero-order valence-electron chi connectivity index (χ0n) is 12.5. The summed E-state index contributed by atoms with van der Waals surface area (Å²) in [5.74, 6) is -0.495. The molecule has 0 fully saturated rings. The molecule has 0 N–H and O–H groups in total. The lowest BCUT2D eigenvalue weighted by molar-refractivity contribution is -0.153. The first kappa shape index (κ1) is 15.7. The minimum atomic E-state index is -0.490. The van der Waals surface area contributed by atoms with Crippen LogP contribution in [-0.2, 0) is 28.8 Å². The summed E-state index contributed by atoms with van der Waals surface area (Å²) in [7, 11) is 0. The predicted molar refractivity (Wildman–Crippen MR) is 74.7 cm³/mol. The summed E-state index contributed by atoms with van der Waals surface area (Å²) in [6, 6.07) is 3.03. The molecule has 1 rings (SSSR count). The lowest BCUT2D eigenvalue weighted by Crippen LogP contribution is -2.25. The van der Waals surface area contributed by atoms with Crippen LogP contribution in [0, 0.1) is 5.82 Å². The minimum Gasteiger partial charge on any atom is -0.460 e. The van der Waals surface area contributed by atoms with Gasteiger partial charge in [-0.2, -0.15) is 0 Å². The van der Waals surface area contributed by atoms with Gasteiger partial charge in [-0.05, 0) is 62.4 Å². The van der Waals surface area contributed by atoms with Gasteiger partial charge in [0.25, 0.3) is 0 Å². The fraction of sp³-hybridized carbons (Fsp3) is 0.562. The Morgan fingerprint density at radius 2 is 1.63 bits per heavy atom. The van der Waals surface area contributed by atoms with Crippen LogP contribution in [-0.4, -0.2) is 11.6 Å². The molecule has 0 aliphatic rings. The third-order valence-corrected chi connectivity index (χ3v) is 2.90. The quantitative estimate of drug-likeness (QED) is 0.774. The second kappa shape index (κ2) is 6.18. The highest BCUT2D eigenvalue weighted by atomic mass is 19.1. The van der Waals surface area contributed by atoms with Crippen LogP contribution in [0.15, 0.2) is 12.1 Å². The lowest BCUT2D eigenvalue weighted by Gasteiger charge is -2.21. The molecular weight excluding hydrogens is 243 g/mol. The summed E-state index contributed by atoms with van der Waals surface area (Å²) in [4.78, 5) is 11.9. The summed E-state index contributed by atoms with van der Waals surface area (Å²) < 4.78 is 18.8. The number of hydrogen-bond donors (Lipinski definition) is 0. The van der Waals surface area contributed by atoms with Gasteiger partial charge in [-0.1, -0.05) is 13.8 Å². The standard InChI is InChI=1S/C16H23FO2/c1-6-11-8-13(17)9-12(7-2)14(11)10-15(18)19-16(3,4)5/h8-9H,6-7,10H2,1-5H3. The molecule has 0 aliphatic heterocycles. The van der Waals surface area contributed by atoms with Crippen molar-refractivity contribution in [1.29, 1.82) is 0 Å². The molecule has 0 aromatic heterocycles. The summed E-state index contributed by atoms with van der Waals surface area (Å²) in [6.07, 6.45) is 1.63. The van der Waals surface area contributed by atoms with E-state index < -0.39 is 5.60 Å². The van der Waals surface area contributed by atoms with Crippen LogP contribution >= 0.6 is 0 Å². The Kier molecular flexibility index (Phi) is 5.10. The van der Waals surface area contributed by atoms with Crippen molar-refractivity contribution >= 4 is 5.97 Å². The van der Waals surface area contributed by atoms with Crippen LogP contribution in [0.2, 0.25) is 0 Å². The van der Waals surface area contributed by atoms with Gasteiger partial charge in [0.05, 0.1) is 6.42 Å². The molecule has 0 radical (unpaired) electrons. The number of esters is 1. The largest absolute Gasteiger partial charge is 0.460 e. The molecule has 0 amide bonds. The van der Waals surface area contributed by atoms with Crippen molar-refractivity contribution in [2.75, 3.05) is 0 Å². The number of hydrogen-bond acceptors (Lipinski definition) is 2. The fourth-order valence-electron chi connectivity index (χ4n) is 2.13. The van der Waals surface area contributed by atoms with Crippen LogP contribution in [0.5, 0.6) is 0 Å². The number of rotatable bonds is 4. The third-order valence-electron chi connectivity index (χ3n) is 2.90. The van der Waals surface area contributed by atoms with Gasteiger partial charge in [-0.25, -0.2) is 4.39 Å². The summed E-state index contributed by atoms with van der Waals surface area (Å²) >= 11 is 0. The highest BCUT2D eigenvalue weighted by Gasteiger charge is 2.19. The van der Waals surface area contributed by atoms with Gasteiger partial charge in [-0.15, -0.1) is 0 Å². The zero-order chi connectivity index (χ0) is 14.6. The van der Waals surface area contributed by atoms with E-state index in [0.717, 1.165) is 16.7 Å². The van der Waals surface area contributed by atoms with E-state index in [4.69, 9.17) is 4.74 Å². The number of ether oxygens (including phenoxy) is 1. The Morgan fingerprint density at radius 3 is 2.00 bits per heavy atom. The molecule has 3 heteroatoms. The van der Waals surface area contributed by atoms with Gasteiger partial charge < -0.3 is 4.74 Å². The molecule has 0 saturated heterocycles. The first-order valence-electron chi connectivity index (χ1n) is 6.78. The van der Waals surface area contributed by atoms with Crippen molar-refractivity contribution in [1.82, 2.24) is 0 Å². The van der Waals surface area contributed by atoms with Gasteiger partial charge in [-0.3, -0.25) is 4.79 Å². The van der Waals surface area contributed by atoms with E-state index >= 15 is 0 Å². The summed E-state index contributed by atoms with van der Waals surface area (Å²) in [5.41, 5.74) is 2.21. The first-order valence-corrected chi connectivity index (χ1v) is 6.78. The molecule has 1 aromatic rings. The van der Waals surface area contributed by atoms with Crippen molar-refractivity contribution in [3.63, 3.8) is 0 Å². The zero-order valence-corrected chi connectivity index (χ0v) is 12.5. The van der Waals surface area contributed by atoms with Crippen LogP contribution < -0.4 is 0 Å². The Balaban J connectivity index is 3.02. The van der Waals surface area contributed by atoms with Crippen LogP contribution in [0.25, 0.3) is 0 Å². The molecule has 0 unspecified atom stereocenters. The lowest BCUT2D eigenvalue weighted by atomic mass is 9.95. The molecule has 0 aliphatic carbocycles. The monoisotopic (exact) mass is 266 g/mol. The number of benzene rings is 1. The Morgan fingerprint density at radius 1 is 1.16 bits per heavy atom. The Hall–Kier alpha value is -1.38. The van der Waals surface area contributed by atoms with Crippen molar-refractivity contribution < 1.29 is 13.9 Å². The first-order chi connectivity index (χ1) is 8.76. The van der Waals surface area contributed by atoms with Crippen molar-refractivity contribution in [3.05, 3.63) is 34.6 Å². The minimum absolute atomic E-state index is 0.212. The number of aryl methyl sites for hydroxylation is 2. The van der Waals surface area contributed by atoms with Crippen LogP contribution in [0.3, 0.4) is 0 Å². The van der Waals surface area contributed by atoms with E-state index in [1.807, 2.05) is 34.6 Å². The van der Waals surface area contributed by atoms with Gasteiger partial charge in [0.2, 0.25) is 0 Å². The Labute approximate surface area is 115 Å². The van der Waals surface area contributed by atoms with Gasteiger partial charge >= 0.3 is 5.97 Å².